The fraction of sp³-hybridized carbons (Fsp3) is 0.529. The van der Waals surface area contributed by atoms with Gasteiger partial charge in [0.2, 0.25) is 11.8 Å². The van der Waals surface area contributed by atoms with E-state index in [1.807, 2.05) is 41.0 Å². The molecule has 0 saturated carbocycles. The summed E-state index contributed by atoms with van der Waals surface area (Å²) < 4.78 is 5.92. The molecule has 3 heterocycles. The molecule has 4 rings (SSSR count). The first kappa shape index (κ1) is 13.8. The highest BCUT2D eigenvalue weighted by Crippen LogP contribution is 2.45. The Balaban J connectivity index is 1.53. The number of hydrogen-bond acceptors (Lipinski definition) is 3. The van der Waals surface area contributed by atoms with Gasteiger partial charge in [0.1, 0.15) is 0 Å². The molecule has 1 spiro atoms. The number of rotatable bonds is 2. The molecule has 0 aliphatic carbocycles. The molecular weight excluding hydrogens is 280 g/mol. The van der Waals surface area contributed by atoms with Crippen LogP contribution in [0.1, 0.15) is 24.0 Å². The number of ether oxygens (including phenoxy) is 1. The quantitative estimate of drug-likeness (QED) is 0.822. The molecule has 1 aromatic rings. The maximum atomic E-state index is 12.7. The van der Waals surface area contributed by atoms with E-state index in [2.05, 4.69) is 0 Å². The third kappa shape index (κ3) is 1.88. The molecule has 2 amide bonds. The third-order valence-electron chi connectivity index (χ3n) is 5.20. The Morgan fingerprint density at radius 3 is 2.86 bits per heavy atom. The van der Waals surface area contributed by atoms with Gasteiger partial charge in [-0.3, -0.25) is 9.59 Å². The van der Waals surface area contributed by atoms with E-state index in [4.69, 9.17) is 4.74 Å². The predicted molar refractivity (Wildman–Crippen MR) is 80.0 cm³/mol. The van der Waals surface area contributed by atoms with Gasteiger partial charge in [-0.25, -0.2) is 0 Å². The van der Waals surface area contributed by atoms with Crippen molar-refractivity contribution in [3.63, 3.8) is 0 Å². The van der Waals surface area contributed by atoms with Gasteiger partial charge >= 0.3 is 0 Å². The van der Waals surface area contributed by atoms with E-state index in [1.165, 1.54) is 5.56 Å². The summed E-state index contributed by atoms with van der Waals surface area (Å²) in [5.74, 6) is 0.214. The lowest BCUT2D eigenvalue weighted by atomic mass is 10.1. The van der Waals surface area contributed by atoms with Crippen LogP contribution in [0.4, 0.5) is 0 Å². The third-order valence-corrected chi connectivity index (χ3v) is 5.20. The molecule has 2 atom stereocenters. The predicted octanol–water partition coefficient (Wildman–Crippen LogP) is 1.10. The second-order valence-electron chi connectivity index (χ2n) is 6.46. The van der Waals surface area contributed by atoms with Gasteiger partial charge in [0.25, 0.3) is 0 Å². The van der Waals surface area contributed by atoms with E-state index in [0.29, 0.717) is 32.5 Å². The van der Waals surface area contributed by atoms with E-state index < -0.39 is 5.72 Å². The van der Waals surface area contributed by atoms with Crippen molar-refractivity contribution in [1.29, 1.82) is 0 Å². The maximum absolute atomic E-state index is 12.7. The Hall–Kier alpha value is -1.88. The van der Waals surface area contributed by atoms with Gasteiger partial charge in [0.05, 0.1) is 25.5 Å². The number of carbonyl (C=O) groups is 2. The van der Waals surface area contributed by atoms with Crippen LogP contribution in [0.25, 0.3) is 0 Å². The highest BCUT2D eigenvalue weighted by molar-refractivity contribution is 5.85. The van der Waals surface area contributed by atoms with Crippen LogP contribution in [0.5, 0.6) is 0 Å². The normalized spacial score (nSPS) is 29.9. The average Bonchev–Trinajstić information content (AvgIpc) is 3.13. The van der Waals surface area contributed by atoms with Crippen LogP contribution >= 0.6 is 0 Å². The summed E-state index contributed by atoms with van der Waals surface area (Å²) in [5.41, 5.74) is 1.68. The van der Waals surface area contributed by atoms with E-state index in [-0.39, 0.29) is 17.9 Å². The first-order valence-electron chi connectivity index (χ1n) is 7.90. The maximum Gasteiger partial charge on any atom is 0.227 e. The standard InChI is InChI=1S/C17H20N2O3/c1-12-2-4-13(5-3-12)10-15(20)18-7-6-17-14(18)11-16(21)19(17)8-9-22-17/h2-5,14H,6-11H2,1H3/t14-,17+/m1/s1. The molecule has 0 radical (unpaired) electrons. The number of aryl methyl sites for hydroxylation is 1. The molecule has 3 saturated heterocycles. The summed E-state index contributed by atoms with van der Waals surface area (Å²) in [4.78, 5) is 28.5. The van der Waals surface area contributed by atoms with Crippen molar-refractivity contribution >= 4 is 11.8 Å². The van der Waals surface area contributed by atoms with Gasteiger partial charge in [0, 0.05) is 19.5 Å². The Bertz CT molecular complexity index is 627. The lowest BCUT2D eigenvalue weighted by Crippen LogP contribution is -2.49. The molecule has 5 heteroatoms. The van der Waals surface area contributed by atoms with Crippen LogP contribution in [0, 0.1) is 6.92 Å². The lowest BCUT2D eigenvalue weighted by molar-refractivity contribution is -0.139. The summed E-state index contributed by atoms with van der Waals surface area (Å²) in [6, 6.07) is 7.93. The number of carbonyl (C=O) groups excluding carboxylic acids is 2. The van der Waals surface area contributed by atoms with Gasteiger partial charge in [0.15, 0.2) is 5.72 Å². The molecule has 3 aliphatic rings. The first-order chi connectivity index (χ1) is 10.6. The summed E-state index contributed by atoms with van der Waals surface area (Å²) in [7, 11) is 0. The molecular formula is C17H20N2O3. The fourth-order valence-electron chi connectivity index (χ4n) is 4.07. The van der Waals surface area contributed by atoms with E-state index >= 15 is 0 Å². The van der Waals surface area contributed by atoms with Gasteiger partial charge in [-0.15, -0.1) is 0 Å². The number of nitrogens with zero attached hydrogens (tertiary/aromatic N) is 2. The van der Waals surface area contributed by atoms with E-state index in [9.17, 15) is 9.59 Å². The summed E-state index contributed by atoms with van der Waals surface area (Å²) in [6.45, 7) is 3.96. The Morgan fingerprint density at radius 1 is 1.32 bits per heavy atom. The van der Waals surface area contributed by atoms with Crippen LogP contribution in [0.2, 0.25) is 0 Å². The molecule has 116 valence electrons. The highest BCUT2D eigenvalue weighted by atomic mass is 16.5. The largest absolute Gasteiger partial charge is 0.351 e. The van der Waals surface area contributed by atoms with Crippen molar-refractivity contribution in [3.8, 4) is 0 Å². The second kappa shape index (κ2) is 4.81. The van der Waals surface area contributed by atoms with Crippen LogP contribution < -0.4 is 0 Å². The average molecular weight is 300 g/mol. The zero-order chi connectivity index (χ0) is 15.3. The molecule has 3 fully saturated rings. The summed E-state index contributed by atoms with van der Waals surface area (Å²) in [6.07, 6.45) is 1.53. The topological polar surface area (TPSA) is 49.9 Å². The van der Waals surface area contributed by atoms with Crippen LogP contribution in [-0.2, 0) is 20.7 Å². The van der Waals surface area contributed by atoms with Crippen molar-refractivity contribution in [3.05, 3.63) is 35.4 Å². The first-order valence-corrected chi connectivity index (χ1v) is 7.90. The molecule has 0 N–H and O–H groups in total. The Morgan fingerprint density at radius 2 is 2.09 bits per heavy atom. The fourth-order valence-corrected chi connectivity index (χ4v) is 4.07. The van der Waals surface area contributed by atoms with Gasteiger partial charge in [-0.05, 0) is 12.5 Å². The second-order valence-corrected chi connectivity index (χ2v) is 6.46. The molecule has 1 aromatic carbocycles. The number of benzene rings is 1. The molecule has 3 aliphatic heterocycles. The smallest absolute Gasteiger partial charge is 0.227 e. The molecule has 5 nitrogen and oxygen atoms in total. The number of amides is 2. The molecule has 0 unspecified atom stereocenters. The van der Waals surface area contributed by atoms with Crippen molar-refractivity contribution in [2.75, 3.05) is 19.7 Å². The van der Waals surface area contributed by atoms with Gasteiger partial charge in [-0.2, -0.15) is 0 Å². The van der Waals surface area contributed by atoms with Crippen LogP contribution in [0.15, 0.2) is 24.3 Å². The van der Waals surface area contributed by atoms with Crippen LogP contribution in [0.3, 0.4) is 0 Å². The van der Waals surface area contributed by atoms with E-state index in [0.717, 1.165) is 12.0 Å². The van der Waals surface area contributed by atoms with Crippen molar-refractivity contribution in [1.82, 2.24) is 9.80 Å². The SMILES string of the molecule is Cc1ccc(CC(=O)N2CC[C@@]34OCCN3C(=O)C[C@@H]24)cc1. The molecule has 22 heavy (non-hydrogen) atoms. The minimum Gasteiger partial charge on any atom is -0.351 e. The number of hydrogen-bond donors (Lipinski definition) is 0. The summed E-state index contributed by atoms with van der Waals surface area (Å²) >= 11 is 0. The molecule has 0 bridgehead atoms. The minimum atomic E-state index is -0.528. The Kier molecular flexibility index (Phi) is 3.01. The molecule has 0 aromatic heterocycles. The van der Waals surface area contributed by atoms with E-state index in [1.54, 1.807) is 0 Å². The van der Waals surface area contributed by atoms with Gasteiger partial charge < -0.3 is 14.5 Å². The van der Waals surface area contributed by atoms with Crippen LogP contribution in [-0.4, -0.2) is 53.1 Å². The zero-order valence-corrected chi connectivity index (χ0v) is 12.7. The zero-order valence-electron chi connectivity index (χ0n) is 12.7. The minimum absolute atomic E-state index is 0.0934. The number of likely N-dealkylation sites (tertiary alicyclic amines) is 1. The monoisotopic (exact) mass is 300 g/mol. The van der Waals surface area contributed by atoms with Crippen molar-refractivity contribution in [2.24, 2.45) is 0 Å². The lowest BCUT2D eigenvalue weighted by Gasteiger charge is -2.31. The highest BCUT2D eigenvalue weighted by Gasteiger charge is 2.62. The summed E-state index contributed by atoms with van der Waals surface area (Å²) in [5, 5.41) is 0. The van der Waals surface area contributed by atoms with Gasteiger partial charge in [-0.1, -0.05) is 29.8 Å². The van der Waals surface area contributed by atoms with Crippen molar-refractivity contribution in [2.45, 2.75) is 38.0 Å². The van der Waals surface area contributed by atoms with Crippen molar-refractivity contribution < 1.29 is 14.3 Å². The Labute approximate surface area is 129 Å².